The fraction of sp³-hybridized carbons (Fsp3) is 0.429. The number of nitrogens with one attached hydrogen (secondary N) is 1. The highest BCUT2D eigenvalue weighted by molar-refractivity contribution is 6.35. The minimum absolute atomic E-state index is 0.0244. The molecule has 4 atom stereocenters. The third-order valence-electron chi connectivity index (χ3n) is 22.7. The topological polar surface area (TPSA) is 311 Å². The van der Waals surface area contributed by atoms with E-state index in [2.05, 4.69) is 69.9 Å². The molecule has 27 nitrogen and oxygen atoms in total. The second kappa shape index (κ2) is 39.8. The average Bonchev–Trinajstić information content (AvgIpc) is 0.801. The summed E-state index contributed by atoms with van der Waals surface area (Å²) in [6.07, 6.45) is -10.9. The van der Waals surface area contributed by atoms with Gasteiger partial charge in [-0.25, -0.2) is 36.9 Å². The molecule has 9 aromatic rings. The SMILES string of the molecule is C=CC(=O)N1CCN(c2nc(OCC3CCCN3CC(F)F)nc3cc(-c4nc(N)ccc4C(F)(F)F)c(Cl)cc23)CC1.C=CC(=O)N1CCN(c2nc(OC[C@@H]3CCCN3)nc3c(F)c(-c4nc(N)cc(C)c4C(F)(F)F)c(Cl)cc23)[C@@H](C)C1.C=CC(=O)N1CCN(c2nc(OC[C@@H]3CCCN3CC(F)F)nc3cc(-c4nc(N)ccc4C(F)(F)F)c(Cl)cc23)CC1. The second-order valence-corrected chi connectivity index (χ2v) is 32.4. The van der Waals surface area contributed by atoms with Crippen molar-refractivity contribution in [3.8, 4) is 51.8 Å². The number of carbonyl (C=O) groups excluding carboxylic acids is 3. The maximum absolute atomic E-state index is 16.5. The van der Waals surface area contributed by atoms with Gasteiger partial charge in [0.15, 0.2) is 5.82 Å². The number of rotatable bonds is 22. The number of alkyl halides is 13. The molecule has 6 saturated heterocycles. The van der Waals surface area contributed by atoms with E-state index in [0.717, 1.165) is 62.6 Å². The number of hydrogen-bond acceptors (Lipinski definition) is 24. The van der Waals surface area contributed by atoms with Gasteiger partial charge in [0.25, 0.3) is 12.9 Å². The predicted molar refractivity (Wildman–Crippen MR) is 457 cm³/mol. The molecule has 0 saturated carbocycles. The van der Waals surface area contributed by atoms with Crippen LogP contribution in [0.25, 0.3) is 66.5 Å². The van der Waals surface area contributed by atoms with Crippen LogP contribution in [0.5, 0.6) is 18.0 Å². The van der Waals surface area contributed by atoms with Gasteiger partial charge in [-0.15, -0.1) is 0 Å². The number of carbonyl (C=O) groups is 3. The minimum Gasteiger partial charge on any atom is -0.462 e. The molecule has 6 aromatic heterocycles. The Morgan fingerprint density at radius 1 is 0.508 bits per heavy atom. The van der Waals surface area contributed by atoms with Crippen molar-refractivity contribution in [2.45, 2.75) is 108 Å². The van der Waals surface area contributed by atoms with Crippen LogP contribution in [0.3, 0.4) is 0 Å². The predicted octanol–water partition coefficient (Wildman–Crippen LogP) is 14.5. The summed E-state index contributed by atoms with van der Waals surface area (Å²) in [5, 5.41) is 4.00. The Labute approximate surface area is 739 Å². The smallest absolute Gasteiger partial charge is 0.418 e. The lowest BCUT2D eigenvalue weighted by molar-refractivity contribution is -0.138. The largest absolute Gasteiger partial charge is 0.462 e. The van der Waals surface area contributed by atoms with Gasteiger partial charge < -0.3 is 66.1 Å². The lowest BCUT2D eigenvalue weighted by Gasteiger charge is -2.40. The van der Waals surface area contributed by atoms with Crippen molar-refractivity contribution in [2.24, 2.45) is 0 Å². The third-order valence-corrected chi connectivity index (χ3v) is 23.6. The molecule has 3 amide bonds. The van der Waals surface area contributed by atoms with Crippen LogP contribution in [-0.2, 0) is 32.9 Å². The maximum Gasteiger partial charge on any atom is 0.418 e. The molecule has 3 aromatic carbocycles. The van der Waals surface area contributed by atoms with E-state index in [-0.39, 0.29) is 170 Å². The zero-order valence-corrected chi connectivity index (χ0v) is 71.2. The number of benzene rings is 3. The molecule has 12 heterocycles. The molecule has 6 aliphatic rings. The summed E-state index contributed by atoms with van der Waals surface area (Å²) in [5.41, 5.74) is 11.8. The zero-order valence-electron chi connectivity index (χ0n) is 69.0. The molecule has 128 heavy (non-hydrogen) atoms. The Morgan fingerprint density at radius 3 is 1.38 bits per heavy atom. The van der Waals surface area contributed by atoms with Crippen LogP contribution >= 0.6 is 34.8 Å². The Morgan fingerprint density at radius 2 is 0.945 bits per heavy atom. The number of anilines is 6. The number of amides is 3. The second-order valence-electron chi connectivity index (χ2n) is 31.1. The van der Waals surface area contributed by atoms with Crippen molar-refractivity contribution in [2.75, 3.05) is 156 Å². The number of piperazine rings is 3. The number of ether oxygens (including phenoxy) is 3. The molecule has 44 heteroatoms. The molecule has 1 unspecified atom stereocenters. The summed E-state index contributed by atoms with van der Waals surface area (Å²) in [7, 11) is 0. The van der Waals surface area contributed by atoms with Gasteiger partial charge in [-0.2, -0.15) is 69.4 Å². The van der Waals surface area contributed by atoms with Crippen LogP contribution in [0.2, 0.25) is 15.1 Å². The van der Waals surface area contributed by atoms with Crippen molar-refractivity contribution in [3.05, 3.63) is 142 Å². The molecular weight excluding hydrogens is 1770 g/mol. The lowest BCUT2D eigenvalue weighted by Crippen LogP contribution is -2.53. The molecular formula is C84H88Cl3F14N21O6. The van der Waals surface area contributed by atoms with Crippen LogP contribution < -0.4 is 51.4 Å². The molecule has 15 rings (SSSR count). The first kappa shape index (κ1) is 94.3. The summed E-state index contributed by atoms with van der Waals surface area (Å²) in [5.74, 6) is -1.10. The first-order valence-corrected chi connectivity index (χ1v) is 41.8. The lowest BCUT2D eigenvalue weighted by atomic mass is 9.99. The standard InChI is InChI=1S/2C28H29ClF5N7O2.C28H30ClF4N7O2/c2*1-2-24(42)39-8-10-40(11-9-39)26-18-12-20(29)17(25-19(28(32,33)34)5-6-23(35)37-25)13-21(18)36-27(38-26)43-15-16-4-3-7-41(16)14-22(30)31;1-4-20(41)39-8-9-40(15(3)12-39)26-17-11-18(29)21(25-22(28(31,32)33)14(2)10-19(34)36-25)23(30)24(17)37-27(38-26)42-13-16-6-5-7-35-16/h2*2,5-6,12-13,16,22H,1,3-4,7-11,14-15H2,(H2,35,37);4,10-11,15-16,35H,1,5-9,12-13H2,2-3H3,(H2,34,36)/t16-;;15-,16-/m0.0/s1. The first-order valence-electron chi connectivity index (χ1n) is 40.7. The molecule has 0 radical (unpaired) electrons. The Kier molecular flexibility index (Phi) is 29.3. The first-order chi connectivity index (χ1) is 60.8. The number of fused-ring (bicyclic) bond motifs is 3. The Hall–Kier alpha value is -11.3. The van der Waals surface area contributed by atoms with Crippen molar-refractivity contribution in [1.29, 1.82) is 0 Å². The van der Waals surface area contributed by atoms with Crippen molar-refractivity contribution in [3.63, 3.8) is 0 Å². The number of aromatic nitrogens is 9. The van der Waals surface area contributed by atoms with Gasteiger partial charge in [-0.05, 0) is 156 Å². The highest BCUT2D eigenvalue weighted by atomic mass is 35.5. The fourth-order valence-corrected chi connectivity index (χ4v) is 17.3. The van der Waals surface area contributed by atoms with E-state index >= 15 is 4.39 Å². The number of aryl methyl sites for hydroxylation is 1. The molecule has 6 aliphatic heterocycles. The molecule has 0 spiro atoms. The summed E-state index contributed by atoms with van der Waals surface area (Å²) >= 11 is 19.7. The number of hydrogen-bond donors (Lipinski definition) is 4. The molecule has 684 valence electrons. The quantitative estimate of drug-likeness (QED) is 0.0362. The molecule has 6 fully saturated rings. The number of nitrogens with zero attached hydrogens (tertiary/aromatic N) is 17. The Bertz CT molecular complexity index is 5430. The van der Waals surface area contributed by atoms with Gasteiger partial charge in [-0.3, -0.25) is 24.2 Å². The van der Waals surface area contributed by atoms with Crippen molar-refractivity contribution >= 4 is 120 Å². The number of pyridine rings is 3. The fourth-order valence-electron chi connectivity index (χ4n) is 16.5. The van der Waals surface area contributed by atoms with Gasteiger partial charge in [0, 0.05) is 123 Å². The van der Waals surface area contributed by atoms with E-state index in [0.29, 0.717) is 120 Å². The van der Waals surface area contributed by atoms with E-state index < -0.39 is 76.5 Å². The highest BCUT2D eigenvalue weighted by Gasteiger charge is 2.42. The normalized spacial score (nSPS) is 18.5. The summed E-state index contributed by atoms with van der Waals surface area (Å²) in [6.45, 7) is 19.3. The monoisotopic (exact) mass is 1860 g/mol. The molecule has 7 N–H and O–H groups in total. The highest BCUT2D eigenvalue weighted by Crippen LogP contribution is 2.48. The summed E-state index contributed by atoms with van der Waals surface area (Å²) in [6, 6.07) is 10.9. The van der Waals surface area contributed by atoms with E-state index in [9.17, 15) is 71.5 Å². The number of halogens is 17. The van der Waals surface area contributed by atoms with Crippen molar-refractivity contribution < 1.29 is 90.1 Å². The minimum atomic E-state index is -4.86. The Balaban J connectivity index is 0.000000164. The van der Waals surface area contributed by atoms with E-state index in [4.69, 9.17) is 66.2 Å². The van der Waals surface area contributed by atoms with E-state index in [1.165, 1.54) is 55.5 Å². The van der Waals surface area contributed by atoms with E-state index in [1.54, 1.807) is 24.5 Å². The van der Waals surface area contributed by atoms with Gasteiger partial charge in [0.2, 0.25) is 17.7 Å². The third kappa shape index (κ3) is 21.7. The molecule has 0 aliphatic carbocycles. The van der Waals surface area contributed by atoms with Crippen LogP contribution in [0.1, 0.15) is 67.7 Å². The van der Waals surface area contributed by atoms with Crippen LogP contribution in [0.15, 0.2) is 98.6 Å². The van der Waals surface area contributed by atoms with Crippen molar-refractivity contribution in [1.82, 2.24) is 74.7 Å². The van der Waals surface area contributed by atoms with Crippen LogP contribution in [0.4, 0.5) is 96.4 Å². The number of likely N-dealkylation sites (tertiary alicyclic amines) is 2. The number of nitrogens with two attached hydrogens (primary N) is 3. The van der Waals surface area contributed by atoms with E-state index in [1.807, 2.05) is 21.6 Å². The van der Waals surface area contributed by atoms with Gasteiger partial charge in [0.05, 0.1) is 78.5 Å². The van der Waals surface area contributed by atoms with Gasteiger partial charge in [0.1, 0.15) is 60.2 Å². The molecule has 0 bridgehead atoms. The maximum atomic E-state index is 16.5. The number of nitrogen functional groups attached to an aromatic ring is 3. The average molecular weight is 1860 g/mol. The summed E-state index contributed by atoms with van der Waals surface area (Å²) in [4.78, 5) is 89.1. The van der Waals surface area contributed by atoms with Crippen LogP contribution in [-0.4, -0.2) is 249 Å². The summed E-state index contributed by atoms with van der Waals surface area (Å²) < 4.78 is 212. The zero-order chi connectivity index (χ0) is 92.1. The van der Waals surface area contributed by atoms with Gasteiger partial charge in [-0.1, -0.05) is 54.5 Å². The van der Waals surface area contributed by atoms with Crippen LogP contribution in [0, 0.1) is 12.7 Å². The van der Waals surface area contributed by atoms with Gasteiger partial charge >= 0.3 is 36.6 Å².